The number of carbonyl (C=O) groups is 1. The molecule has 0 spiro atoms. The van der Waals surface area contributed by atoms with Gasteiger partial charge in [0.1, 0.15) is 11.1 Å². The van der Waals surface area contributed by atoms with Crippen molar-refractivity contribution in [2.24, 2.45) is 0 Å². The summed E-state index contributed by atoms with van der Waals surface area (Å²) in [5.74, 6) is 0.992. The van der Waals surface area contributed by atoms with Gasteiger partial charge < -0.3 is 14.4 Å². The fourth-order valence-electron chi connectivity index (χ4n) is 2.14. The van der Waals surface area contributed by atoms with Gasteiger partial charge in [0, 0.05) is 13.7 Å². The van der Waals surface area contributed by atoms with Crippen LogP contribution in [0.25, 0.3) is 0 Å². The molecule has 0 saturated carbocycles. The quantitative estimate of drug-likeness (QED) is 0.830. The van der Waals surface area contributed by atoms with Crippen molar-refractivity contribution in [3.63, 3.8) is 0 Å². The van der Waals surface area contributed by atoms with Crippen LogP contribution in [0.1, 0.15) is 17.9 Å². The number of methoxy groups -OCH3 is 2. The first kappa shape index (κ1) is 14.2. The Labute approximate surface area is 118 Å². The van der Waals surface area contributed by atoms with Crippen molar-refractivity contribution < 1.29 is 14.3 Å². The fraction of sp³-hybridized carbons (Fsp3) is 0.500. The maximum Gasteiger partial charge on any atom is 0.236 e. The van der Waals surface area contributed by atoms with E-state index in [0.29, 0.717) is 13.2 Å². The standard InChI is InChI=1S/C14H19NO3S/c1-10-13(16)15(7-8-17-2)14(19-10)11-5-4-6-12(9-11)18-3/h4-6,9-10,14H,7-8H2,1-3H3. The van der Waals surface area contributed by atoms with Crippen molar-refractivity contribution in [3.05, 3.63) is 29.8 Å². The topological polar surface area (TPSA) is 38.8 Å². The van der Waals surface area contributed by atoms with Crippen LogP contribution in [0.4, 0.5) is 0 Å². The van der Waals surface area contributed by atoms with Crippen LogP contribution in [0.15, 0.2) is 24.3 Å². The molecule has 19 heavy (non-hydrogen) atoms. The highest BCUT2D eigenvalue weighted by Gasteiger charge is 2.38. The minimum atomic E-state index is -0.00643. The second-order valence-corrected chi connectivity index (χ2v) is 5.86. The number of hydrogen-bond acceptors (Lipinski definition) is 4. The number of nitrogens with zero attached hydrogens (tertiary/aromatic N) is 1. The number of hydrogen-bond donors (Lipinski definition) is 0. The molecule has 0 bridgehead atoms. The second-order valence-electron chi connectivity index (χ2n) is 4.43. The summed E-state index contributed by atoms with van der Waals surface area (Å²) in [4.78, 5) is 14.1. The molecule has 5 heteroatoms. The SMILES string of the molecule is COCCN1C(=O)C(C)SC1c1cccc(OC)c1. The third-order valence-corrected chi connectivity index (χ3v) is 4.56. The lowest BCUT2D eigenvalue weighted by Crippen LogP contribution is -2.33. The van der Waals surface area contributed by atoms with Crippen LogP contribution in [0.3, 0.4) is 0 Å². The lowest BCUT2D eigenvalue weighted by molar-refractivity contribution is -0.130. The molecule has 4 nitrogen and oxygen atoms in total. The van der Waals surface area contributed by atoms with Gasteiger partial charge in [0.05, 0.1) is 19.0 Å². The molecule has 1 aliphatic heterocycles. The zero-order valence-corrected chi connectivity index (χ0v) is 12.3. The van der Waals surface area contributed by atoms with Crippen LogP contribution in [-0.2, 0) is 9.53 Å². The van der Waals surface area contributed by atoms with E-state index in [1.54, 1.807) is 26.0 Å². The number of rotatable bonds is 5. The van der Waals surface area contributed by atoms with E-state index in [4.69, 9.17) is 9.47 Å². The zero-order valence-electron chi connectivity index (χ0n) is 11.5. The van der Waals surface area contributed by atoms with E-state index < -0.39 is 0 Å². The van der Waals surface area contributed by atoms with E-state index in [0.717, 1.165) is 11.3 Å². The van der Waals surface area contributed by atoms with Crippen molar-refractivity contribution in [3.8, 4) is 5.75 Å². The van der Waals surface area contributed by atoms with Gasteiger partial charge in [-0.1, -0.05) is 12.1 Å². The van der Waals surface area contributed by atoms with Crippen LogP contribution in [0.5, 0.6) is 5.75 Å². The molecule has 2 atom stereocenters. The lowest BCUT2D eigenvalue weighted by Gasteiger charge is -2.24. The Balaban J connectivity index is 2.22. The van der Waals surface area contributed by atoms with Gasteiger partial charge in [0.2, 0.25) is 5.91 Å². The highest BCUT2D eigenvalue weighted by molar-refractivity contribution is 8.01. The summed E-state index contributed by atoms with van der Waals surface area (Å²) in [5.41, 5.74) is 1.10. The maximum absolute atomic E-state index is 12.2. The first-order valence-electron chi connectivity index (χ1n) is 6.26. The van der Waals surface area contributed by atoms with Gasteiger partial charge in [-0.2, -0.15) is 0 Å². The van der Waals surface area contributed by atoms with Gasteiger partial charge in [-0.25, -0.2) is 0 Å². The smallest absolute Gasteiger partial charge is 0.236 e. The second kappa shape index (κ2) is 6.30. The molecular formula is C14H19NO3S. The number of ether oxygens (including phenoxy) is 2. The fourth-order valence-corrected chi connectivity index (χ4v) is 3.44. The van der Waals surface area contributed by atoms with Crippen LogP contribution in [0.2, 0.25) is 0 Å². The van der Waals surface area contributed by atoms with Crippen LogP contribution >= 0.6 is 11.8 Å². The molecule has 1 amide bonds. The molecule has 0 aromatic heterocycles. The Morgan fingerprint density at radius 2 is 2.16 bits per heavy atom. The molecule has 1 aromatic rings. The number of carbonyl (C=O) groups excluding carboxylic acids is 1. The van der Waals surface area contributed by atoms with Crippen LogP contribution < -0.4 is 4.74 Å². The third kappa shape index (κ3) is 3.04. The average molecular weight is 281 g/mol. The van der Waals surface area contributed by atoms with Gasteiger partial charge in [0.25, 0.3) is 0 Å². The summed E-state index contributed by atoms with van der Waals surface area (Å²) >= 11 is 1.67. The highest BCUT2D eigenvalue weighted by Crippen LogP contribution is 2.43. The van der Waals surface area contributed by atoms with Gasteiger partial charge in [-0.15, -0.1) is 11.8 Å². The van der Waals surface area contributed by atoms with Crippen LogP contribution in [0, 0.1) is 0 Å². The third-order valence-electron chi connectivity index (χ3n) is 3.16. The summed E-state index contributed by atoms with van der Waals surface area (Å²) in [7, 11) is 3.30. The van der Waals surface area contributed by atoms with Crippen molar-refractivity contribution in [1.29, 1.82) is 0 Å². The molecule has 1 saturated heterocycles. The Morgan fingerprint density at radius 3 is 2.84 bits per heavy atom. The van der Waals surface area contributed by atoms with Crippen molar-refractivity contribution in [2.45, 2.75) is 17.5 Å². The summed E-state index contributed by atoms with van der Waals surface area (Å²) in [5, 5.41) is 0.0424. The van der Waals surface area contributed by atoms with E-state index in [-0.39, 0.29) is 16.5 Å². The molecule has 1 aliphatic rings. The highest BCUT2D eigenvalue weighted by atomic mass is 32.2. The summed E-state index contributed by atoms with van der Waals surface area (Å²) in [6.45, 7) is 3.13. The van der Waals surface area contributed by atoms with Gasteiger partial charge in [0.15, 0.2) is 0 Å². The molecule has 0 radical (unpaired) electrons. The van der Waals surface area contributed by atoms with Crippen molar-refractivity contribution in [1.82, 2.24) is 4.90 Å². The molecule has 1 heterocycles. The van der Waals surface area contributed by atoms with E-state index >= 15 is 0 Å². The first-order valence-corrected chi connectivity index (χ1v) is 7.20. The van der Waals surface area contributed by atoms with Crippen LogP contribution in [-0.4, -0.2) is 43.4 Å². The Morgan fingerprint density at radius 1 is 1.37 bits per heavy atom. The molecule has 2 rings (SSSR count). The summed E-state index contributed by atoms with van der Waals surface area (Å²) < 4.78 is 10.3. The van der Waals surface area contributed by atoms with E-state index in [9.17, 15) is 4.79 Å². The van der Waals surface area contributed by atoms with Gasteiger partial charge in [-0.05, 0) is 24.6 Å². The molecular weight excluding hydrogens is 262 g/mol. The van der Waals surface area contributed by atoms with E-state index in [1.807, 2.05) is 36.1 Å². The van der Waals surface area contributed by atoms with E-state index in [1.165, 1.54) is 0 Å². The molecule has 0 N–H and O–H groups in total. The van der Waals surface area contributed by atoms with Gasteiger partial charge >= 0.3 is 0 Å². The number of benzene rings is 1. The lowest BCUT2D eigenvalue weighted by atomic mass is 10.2. The first-order chi connectivity index (χ1) is 9.17. The minimum Gasteiger partial charge on any atom is -0.497 e. The van der Waals surface area contributed by atoms with Gasteiger partial charge in [-0.3, -0.25) is 4.79 Å². The van der Waals surface area contributed by atoms with E-state index in [2.05, 4.69) is 0 Å². The monoisotopic (exact) mass is 281 g/mol. The van der Waals surface area contributed by atoms with Crippen molar-refractivity contribution in [2.75, 3.05) is 27.4 Å². The number of amides is 1. The zero-order chi connectivity index (χ0) is 13.8. The molecule has 104 valence electrons. The minimum absolute atomic E-state index is 0.00643. The summed E-state index contributed by atoms with van der Waals surface area (Å²) in [6.07, 6.45) is 0. The van der Waals surface area contributed by atoms with Crippen molar-refractivity contribution >= 4 is 17.7 Å². The molecule has 0 aliphatic carbocycles. The summed E-state index contributed by atoms with van der Waals surface area (Å²) in [6, 6.07) is 7.89. The normalized spacial score (nSPS) is 22.9. The number of thioether (sulfide) groups is 1. The average Bonchev–Trinajstić information content (AvgIpc) is 2.73. The Bertz CT molecular complexity index is 452. The predicted octanol–water partition coefficient (Wildman–Crippen LogP) is 2.30. The largest absolute Gasteiger partial charge is 0.497 e. The Kier molecular flexibility index (Phi) is 4.71. The maximum atomic E-state index is 12.2. The molecule has 1 fully saturated rings. The molecule has 1 aromatic carbocycles. The molecule has 2 unspecified atom stereocenters. The Hall–Kier alpha value is -1.20. The predicted molar refractivity (Wildman–Crippen MR) is 76.4 cm³/mol.